The van der Waals surface area contributed by atoms with E-state index in [1.807, 2.05) is 14.0 Å². The van der Waals surface area contributed by atoms with Crippen LogP contribution in [-0.4, -0.2) is 35.9 Å². The number of nitrogens with zero attached hydrogens (tertiary/aromatic N) is 3. The van der Waals surface area contributed by atoms with Gasteiger partial charge >= 0.3 is 0 Å². The Balaban J connectivity index is 1.81. The van der Waals surface area contributed by atoms with Crippen LogP contribution in [0, 0.1) is 19.8 Å². The van der Waals surface area contributed by atoms with Gasteiger partial charge in [0.05, 0.1) is 5.69 Å². The third-order valence-electron chi connectivity index (χ3n) is 4.32. The van der Waals surface area contributed by atoms with Crippen molar-refractivity contribution in [3.8, 4) is 0 Å². The molecular weight excluding hydrogens is 330 g/mol. The molecule has 0 saturated heterocycles. The maximum absolute atomic E-state index is 4.54. The third-order valence-corrected chi connectivity index (χ3v) is 5.55. The first-order chi connectivity index (χ1) is 11.8. The van der Waals surface area contributed by atoms with Crippen molar-refractivity contribution in [3.05, 3.63) is 39.8 Å². The second-order valence-electron chi connectivity index (χ2n) is 7.38. The summed E-state index contributed by atoms with van der Waals surface area (Å²) in [7, 11) is 1.82. The van der Waals surface area contributed by atoms with Crippen molar-refractivity contribution in [2.75, 3.05) is 20.1 Å². The Bertz CT molecular complexity index is 685. The lowest BCUT2D eigenvalue weighted by atomic mass is 9.91. The van der Waals surface area contributed by atoms with Crippen LogP contribution in [0.25, 0.3) is 0 Å². The fourth-order valence-corrected chi connectivity index (χ4v) is 3.62. The monoisotopic (exact) mass is 361 g/mol. The fraction of sp³-hybridized carbons (Fsp3) is 0.579. The zero-order valence-corrected chi connectivity index (χ0v) is 17.1. The second-order valence-corrected chi connectivity index (χ2v) is 8.33. The van der Waals surface area contributed by atoms with Gasteiger partial charge in [0.2, 0.25) is 0 Å². The Morgan fingerprint density at radius 1 is 1.36 bits per heavy atom. The fourth-order valence-electron chi connectivity index (χ4n) is 2.77. The summed E-state index contributed by atoms with van der Waals surface area (Å²) in [6, 6.07) is 6.42. The summed E-state index contributed by atoms with van der Waals surface area (Å²) in [5, 5.41) is 13.6. The zero-order valence-electron chi connectivity index (χ0n) is 16.3. The summed E-state index contributed by atoms with van der Waals surface area (Å²) in [6.45, 7) is 13.5. The van der Waals surface area contributed by atoms with Crippen molar-refractivity contribution < 1.29 is 0 Å². The number of aryl methyl sites for hydroxylation is 2. The molecule has 0 aliphatic heterocycles. The summed E-state index contributed by atoms with van der Waals surface area (Å²) in [4.78, 5) is 5.73. The van der Waals surface area contributed by atoms with Crippen molar-refractivity contribution >= 4 is 17.3 Å². The molecule has 5 nitrogen and oxygen atoms in total. The number of aliphatic imine (C=N–C) groups is 1. The number of hydrogen-bond donors (Lipinski definition) is 2. The highest BCUT2D eigenvalue weighted by molar-refractivity contribution is 7.10. The molecule has 0 saturated carbocycles. The Kier molecular flexibility index (Phi) is 6.64. The van der Waals surface area contributed by atoms with Crippen LogP contribution in [0.1, 0.15) is 37.0 Å². The van der Waals surface area contributed by atoms with Crippen molar-refractivity contribution in [2.45, 2.75) is 46.6 Å². The zero-order chi connectivity index (χ0) is 18.4. The molecule has 25 heavy (non-hydrogen) atoms. The van der Waals surface area contributed by atoms with E-state index in [4.69, 9.17) is 0 Å². The standard InChI is InChI=1S/C19H31N5S/c1-14(12-24-16(3)10-15(2)23-24)11-21-18(20-6)22-13-19(4,5)17-8-7-9-25-17/h7-10,14H,11-13H2,1-6H3,(H2,20,21,22). The third kappa shape index (κ3) is 5.59. The van der Waals surface area contributed by atoms with Gasteiger partial charge in [0.1, 0.15) is 0 Å². The van der Waals surface area contributed by atoms with Crippen molar-refractivity contribution in [1.29, 1.82) is 0 Å². The molecule has 0 amide bonds. The normalized spacial score (nSPS) is 13.8. The smallest absolute Gasteiger partial charge is 0.191 e. The molecule has 2 aromatic heterocycles. The second kappa shape index (κ2) is 8.52. The van der Waals surface area contributed by atoms with Gasteiger partial charge in [-0.05, 0) is 37.3 Å². The molecule has 0 aromatic carbocycles. The van der Waals surface area contributed by atoms with Gasteiger partial charge in [0, 0.05) is 42.7 Å². The quantitative estimate of drug-likeness (QED) is 0.587. The van der Waals surface area contributed by atoms with Crippen LogP contribution < -0.4 is 10.6 Å². The van der Waals surface area contributed by atoms with E-state index in [9.17, 15) is 0 Å². The molecule has 138 valence electrons. The Morgan fingerprint density at radius 3 is 2.68 bits per heavy atom. The molecule has 0 radical (unpaired) electrons. The lowest BCUT2D eigenvalue weighted by Gasteiger charge is -2.25. The molecule has 2 N–H and O–H groups in total. The summed E-state index contributed by atoms with van der Waals surface area (Å²) < 4.78 is 2.08. The predicted octanol–water partition coefficient (Wildman–Crippen LogP) is 3.34. The predicted molar refractivity (Wildman–Crippen MR) is 108 cm³/mol. The minimum atomic E-state index is 0.0844. The molecule has 1 atom stereocenters. The van der Waals surface area contributed by atoms with Gasteiger partial charge in [0.15, 0.2) is 5.96 Å². The molecule has 0 bridgehead atoms. The maximum atomic E-state index is 4.54. The first-order valence-electron chi connectivity index (χ1n) is 8.81. The topological polar surface area (TPSA) is 54.2 Å². The highest BCUT2D eigenvalue weighted by Crippen LogP contribution is 2.26. The van der Waals surface area contributed by atoms with Gasteiger partial charge in [-0.1, -0.05) is 26.8 Å². The summed E-state index contributed by atoms with van der Waals surface area (Å²) in [5.74, 6) is 1.31. The number of rotatable bonds is 7. The molecule has 0 aliphatic carbocycles. The largest absolute Gasteiger partial charge is 0.356 e. The van der Waals surface area contributed by atoms with Gasteiger partial charge in [0.25, 0.3) is 0 Å². The number of guanidine groups is 1. The average molecular weight is 362 g/mol. The van der Waals surface area contributed by atoms with Crippen LogP contribution in [0.3, 0.4) is 0 Å². The number of hydrogen-bond acceptors (Lipinski definition) is 3. The van der Waals surface area contributed by atoms with Crippen LogP contribution in [0.5, 0.6) is 0 Å². The number of thiophene rings is 1. The van der Waals surface area contributed by atoms with Crippen LogP contribution >= 0.6 is 11.3 Å². The number of aromatic nitrogens is 2. The first-order valence-corrected chi connectivity index (χ1v) is 9.69. The highest BCUT2D eigenvalue weighted by atomic mass is 32.1. The molecule has 2 rings (SSSR count). The Morgan fingerprint density at radius 2 is 2.12 bits per heavy atom. The van der Waals surface area contributed by atoms with Gasteiger partial charge < -0.3 is 10.6 Å². The molecule has 0 spiro atoms. The average Bonchev–Trinajstić information content (AvgIpc) is 3.18. The minimum absolute atomic E-state index is 0.0844. The SMILES string of the molecule is CN=C(NCC(C)Cn1nc(C)cc1C)NCC(C)(C)c1cccs1. The van der Waals surface area contributed by atoms with E-state index in [0.717, 1.165) is 31.3 Å². The van der Waals surface area contributed by atoms with Gasteiger partial charge in [-0.25, -0.2) is 0 Å². The summed E-state index contributed by atoms with van der Waals surface area (Å²) >= 11 is 1.80. The van der Waals surface area contributed by atoms with Crippen LogP contribution in [0.2, 0.25) is 0 Å². The van der Waals surface area contributed by atoms with E-state index in [0.29, 0.717) is 5.92 Å². The van der Waals surface area contributed by atoms with E-state index in [1.165, 1.54) is 10.6 Å². The molecule has 6 heteroatoms. The van der Waals surface area contributed by atoms with Gasteiger partial charge in [-0.3, -0.25) is 9.67 Å². The minimum Gasteiger partial charge on any atom is -0.356 e. The lowest BCUT2D eigenvalue weighted by molar-refractivity contribution is 0.434. The number of nitrogens with one attached hydrogen (secondary N) is 2. The van der Waals surface area contributed by atoms with E-state index >= 15 is 0 Å². The van der Waals surface area contributed by atoms with E-state index in [-0.39, 0.29) is 5.41 Å². The molecule has 0 aliphatic rings. The van der Waals surface area contributed by atoms with E-state index in [1.54, 1.807) is 11.3 Å². The molecule has 1 unspecified atom stereocenters. The molecule has 2 aromatic rings. The van der Waals surface area contributed by atoms with Gasteiger partial charge in [-0.15, -0.1) is 11.3 Å². The van der Waals surface area contributed by atoms with Crippen LogP contribution in [-0.2, 0) is 12.0 Å². The lowest BCUT2D eigenvalue weighted by Crippen LogP contribution is -2.44. The molecular formula is C19H31N5S. The van der Waals surface area contributed by atoms with Crippen molar-refractivity contribution in [3.63, 3.8) is 0 Å². The first kappa shape index (κ1) is 19.5. The Hall–Kier alpha value is -1.82. The van der Waals surface area contributed by atoms with Crippen molar-refractivity contribution in [1.82, 2.24) is 20.4 Å². The Labute approximate surface area is 155 Å². The van der Waals surface area contributed by atoms with Gasteiger partial charge in [-0.2, -0.15) is 5.10 Å². The van der Waals surface area contributed by atoms with Crippen LogP contribution in [0.4, 0.5) is 0 Å². The van der Waals surface area contributed by atoms with E-state index in [2.05, 4.69) is 76.7 Å². The molecule has 0 fully saturated rings. The summed E-state index contributed by atoms with van der Waals surface area (Å²) in [5.41, 5.74) is 2.37. The van der Waals surface area contributed by atoms with E-state index < -0.39 is 0 Å². The highest BCUT2D eigenvalue weighted by Gasteiger charge is 2.22. The van der Waals surface area contributed by atoms with Crippen LogP contribution in [0.15, 0.2) is 28.6 Å². The maximum Gasteiger partial charge on any atom is 0.191 e. The molecule has 2 heterocycles. The summed E-state index contributed by atoms with van der Waals surface area (Å²) in [6.07, 6.45) is 0. The van der Waals surface area contributed by atoms with Crippen molar-refractivity contribution in [2.24, 2.45) is 10.9 Å².